The first-order valence-electron chi connectivity index (χ1n) is 5.07. The van der Waals surface area contributed by atoms with E-state index >= 15 is 0 Å². The van der Waals surface area contributed by atoms with E-state index in [4.69, 9.17) is 0 Å². The van der Waals surface area contributed by atoms with Gasteiger partial charge >= 0.3 is 0 Å². The second-order valence-electron chi connectivity index (χ2n) is 3.29. The Balaban J connectivity index is 2.77. The molecule has 0 aliphatic rings. The van der Waals surface area contributed by atoms with Gasteiger partial charge in [0.15, 0.2) is 0 Å². The maximum atomic E-state index is 3.39. The molecule has 13 heavy (non-hydrogen) atoms. The van der Waals surface area contributed by atoms with Crippen molar-refractivity contribution in [1.29, 1.82) is 0 Å². The fourth-order valence-corrected chi connectivity index (χ4v) is 2.78. The molecule has 0 bridgehead atoms. The van der Waals surface area contributed by atoms with E-state index in [1.807, 2.05) is 11.3 Å². The Labute approximate surface area is 85.2 Å². The van der Waals surface area contributed by atoms with Crippen LogP contribution in [0.3, 0.4) is 0 Å². The second-order valence-corrected chi connectivity index (χ2v) is 4.24. The minimum Gasteiger partial charge on any atom is -0.312 e. The van der Waals surface area contributed by atoms with Gasteiger partial charge in [0.1, 0.15) is 0 Å². The van der Waals surface area contributed by atoms with Gasteiger partial charge in [-0.2, -0.15) is 0 Å². The van der Waals surface area contributed by atoms with Gasteiger partial charge in [-0.3, -0.25) is 0 Å². The molecule has 0 aromatic carbocycles. The molecule has 1 aromatic heterocycles. The van der Waals surface area contributed by atoms with E-state index in [0.717, 1.165) is 6.42 Å². The molecule has 1 N–H and O–H groups in total. The summed E-state index contributed by atoms with van der Waals surface area (Å²) < 4.78 is 0. The molecular formula is C11H19NS. The fourth-order valence-electron chi connectivity index (χ4n) is 1.64. The summed E-state index contributed by atoms with van der Waals surface area (Å²) in [6.45, 7) is 4.47. The average Bonchev–Trinajstić information content (AvgIpc) is 2.61. The Morgan fingerprint density at radius 2 is 2.23 bits per heavy atom. The number of hydrogen-bond donors (Lipinski definition) is 1. The van der Waals surface area contributed by atoms with E-state index in [0.29, 0.717) is 6.04 Å². The predicted octanol–water partition coefficient (Wildman–Crippen LogP) is 3.37. The van der Waals surface area contributed by atoms with Gasteiger partial charge in [-0.15, -0.1) is 11.3 Å². The molecule has 1 nitrogen and oxygen atoms in total. The van der Waals surface area contributed by atoms with Crippen LogP contribution < -0.4 is 5.32 Å². The Morgan fingerprint density at radius 1 is 1.46 bits per heavy atom. The first-order chi connectivity index (χ1) is 6.33. The topological polar surface area (TPSA) is 12.0 Å². The molecule has 0 spiro atoms. The zero-order chi connectivity index (χ0) is 9.68. The lowest BCUT2D eigenvalue weighted by atomic mass is 10.1. The molecule has 1 heterocycles. The van der Waals surface area contributed by atoms with E-state index in [9.17, 15) is 0 Å². The van der Waals surface area contributed by atoms with Crippen LogP contribution in [0.4, 0.5) is 0 Å². The number of nitrogens with one attached hydrogen (secondary N) is 1. The molecule has 1 aromatic rings. The minimum absolute atomic E-state index is 0.569. The maximum Gasteiger partial charge on any atom is 0.0415 e. The largest absolute Gasteiger partial charge is 0.312 e. The molecular weight excluding hydrogens is 178 g/mol. The average molecular weight is 197 g/mol. The van der Waals surface area contributed by atoms with Gasteiger partial charge in [-0.25, -0.2) is 0 Å². The summed E-state index contributed by atoms with van der Waals surface area (Å²) in [5.41, 5.74) is 1.51. The standard InChI is InChI=1S/C11H19NS/c1-4-6-10(12-3)11-9(5-2)7-8-13-11/h7-8,10,12H,4-6H2,1-3H3. The molecule has 0 radical (unpaired) electrons. The van der Waals surface area contributed by atoms with Crippen molar-refractivity contribution in [2.75, 3.05) is 7.05 Å². The molecule has 0 aliphatic carbocycles. The van der Waals surface area contributed by atoms with Gasteiger partial charge < -0.3 is 5.32 Å². The summed E-state index contributed by atoms with van der Waals surface area (Å²) >= 11 is 1.88. The van der Waals surface area contributed by atoms with Gasteiger partial charge in [0.05, 0.1) is 0 Å². The zero-order valence-corrected chi connectivity index (χ0v) is 9.58. The first kappa shape index (κ1) is 10.7. The molecule has 1 unspecified atom stereocenters. The Morgan fingerprint density at radius 3 is 2.77 bits per heavy atom. The maximum absolute atomic E-state index is 3.39. The Bertz CT molecular complexity index is 242. The third kappa shape index (κ3) is 2.55. The summed E-state index contributed by atoms with van der Waals surface area (Å²) in [7, 11) is 2.06. The molecule has 0 fully saturated rings. The highest BCUT2D eigenvalue weighted by atomic mass is 32.1. The second kappa shape index (κ2) is 5.40. The molecule has 0 amide bonds. The minimum atomic E-state index is 0.569. The zero-order valence-electron chi connectivity index (χ0n) is 8.76. The van der Waals surface area contributed by atoms with Crippen molar-refractivity contribution in [2.24, 2.45) is 0 Å². The summed E-state index contributed by atoms with van der Waals surface area (Å²) in [6, 6.07) is 2.82. The molecule has 74 valence electrons. The van der Waals surface area contributed by atoms with E-state index in [-0.39, 0.29) is 0 Å². The molecule has 2 heteroatoms. The first-order valence-corrected chi connectivity index (χ1v) is 5.94. The van der Waals surface area contributed by atoms with Crippen molar-refractivity contribution < 1.29 is 0 Å². The van der Waals surface area contributed by atoms with Crippen molar-refractivity contribution in [2.45, 2.75) is 39.2 Å². The van der Waals surface area contributed by atoms with Crippen LogP contribution in [0.2, 0.25) is 0 Å². The van der Waals surface area contributed by atoms with Gasteiger partial charge in [-0.05, 0) is 36.9 Å². The van der Waals surface area contributed by atoms with E-state index in [2.05, 4.69) is 37.7 Å². The van der Waals surface area contributed by atoms with Gasteiger partial charge in [0.2, 0.25) is 0 Å². The van der Waals surface area contributed by atoms with Crippen molar-refractivity contribution in [3.05, 3.63) is 21.9 Å². The number of rotatable bonds is 5. The smallest absolute Gasteiger partial charge is 0.0415 e. The van der Waals surface area contributed by atoms with Crippen molar-refractivity contribution in [1.82, 2.24) is 5.32 Å². The quantitative estimate of drug-likeness (QED) is 0.763. The Kier molecular flexibility index (Phi) is 4.46. The van der Waals surface area contributed by atoms with Crippen molar-refractivity contribution in [3.8, 4) is 0 Å². The molecule has 0 aliphatic heterocycles. The SMILES string of the molecule is CCCC(NC)c1sccc1CC. The summed E-state index contributed by atoms with van der Waals surface area (Å²) in [4.78, 5) is 1.53. The van der Waals surface area contributed by atoms with Crippen molar-refractivity contribution in [3.63, 3.8) is 0 Å². The monoisotopic (exact) mass is 197 g/mol. The summed E-state index contributed by atoms with van der Waals surface area (Å²) in [6.07, 6.45) is 3.64. The van der Waals surface area contributed by atoms with Crippen molar-refractivity contribution >= 4 is 11.3 Å². The predicted molar refractivity (Wildman–Crippen MR) is 60.4 cm³/mol. The third-order valence-electron chi connectivity index (χ3n) is 2.40. The fraction of sp³-hybridized carbons (Fsp3) is 0.636. The van der Waals surface area contributed by atoms with Crippen LogP contribution in [0.1, 0.15) is 43.2 Å². The van der Waals surface area contributed by atoms with E-state index in [1.165, 1.54) is 23.3 Å². The highest BCUT2D eigenvalue weighted by Gasteiger charge is 2.12. The van der Waals surface area contributed by atoms with Crippen LogP contribution in [0.25, 0.3) is 0 Å². The number of aryl methyl sites for hydroxylation is 1. The highest BCUT2D eigenvalue weighted by Crippen LogP contribution is 2.27. The van der Waals surface area contributed by atoms with Crippen LogP contribution in [0, 0.1) is 0 Å². The number of hydrogen-bond acceptors (Lipinski definition) is 2. The lowest BCUT2D eigenvalue weighted by Crippen LogP contribution is -2.15. The van der Waals surface area contributed by atoms with Crippen LogP contribution in [0.15, 0.2) is 11.4 Å². The summed E-state index contributed by atoms with van der Waals surface area (Å²) in [5, 5.41) is 5.59. The van der Waals surface area contributed by atoms with E-state index in [1.54, 1.807) is 0 Å². The third-order valence-corrected chi connectivity index (χ3v) is 3.48. The van der Waals surface area contributed by atoms with Crippen LogP contribution in [0.5, 0.6) is 0 Å². The van der Waals surface area contributed by atoms with E-state index < -0.39 is 0 Å². The molecule has 1 atom stereocenters. The number of thiophene rings is 1. The van der Waals surface area contributed by atoms with Gasteiger partial charge in [0, 0.05) is 10.9 Å². The summed E-state index contributed by atoms with van der Waals surface area (Å²) in [5.74, 6) is 0. The van der Waals surface area contributed by atoms with Crippen LogP contribution >= 0.6 is 11.3 Å². The normalized spacial score (nSPS) is 13.2. The lowest BCUT2D eigenvalue weighted by Gasteiger charge is -2.15. The van der Waals surface area contributed by atoms with Gasteiger partial charge in [0.25, 0.3) is 0 Å². The van der Waals surface area contributed by atoms with Crippen LogP contribution in [-0.4, -0.2) is 7.05 Å². The highest BCUT2D eigenvalue weighted by molar-refractivity contribution is 7.10. The molecule has 0 saturated carbocycles. The molecule has 0 saturated heterocycles. The molecule has 1 rings (SSSR count). The van der Waals surface area contributed by atoms with Gasteiger partial charge in [-0.1, -0.05) is 20.3 Å². The lowest BCUT2D eigenvalue weighted by molar-refractivity contribution is 0.546. The van der Waals surface area contributed by atoms with Crippen LogP contribution in [-0.2, 0) is 6.42 Å². The Hall–Kier alpha value is -0.340.